The minimum absolute atomic E-state index is 0.381. The molecule has 2 rings (SSSR count). The fraction of sp³-hybridized carbons (Fsp3) is 0.438. The van der Waals surface area contributed by atoms with Crippen LogP contribution >= 0.6 is 11.3 Å². The molecule has 3 nitrogen and oxygen atoms in total. The maximum Gasteiger partial charge on any atom is 0.0795 e. The van der Waals surface area contributed by atoms with E-state index in [9.17, 15) is 0 Å². The van der Waals surface area contributed by atoms with E-state index in [1.165, 1.54) is 5.56 Å². The highest BCUT2D eigenvalue weighted by atomic mass is 32.1. The van der Waals surface area contributed by atoms with Crippen molar-refractivity contribution >= 4 is 11.3 Å². The normalized spacial score (nSPS) is 14.4. The molecule has 0 fully saturated rings. The molecular weight excluding hydrogens is 266 g/mol. The summed E-state index contributed by atoms with van der Waals surface area (Å²) in [6.45, 7) is 3.82. The first-order valence-electron chi connectivity index (χ1n) is 7.03. The van der Waals surface area contributed by atoms with Crippen molar-refractivity contribution in [1.82, 2.24) is 9.88 Å². The second-order valence-corrected chi connectivity index (χ2v) is 6.05. The van der Waals surface area contributed by atoms with E-state index in [1.807, 2.05) is 5.51 Å². The molecule has 0 bridgehead atoms. The van der Waals surface area contributed by atoms with Crippen LogP contribution in [-0.4, -0.2) is 29.5 Å². The highest BCUT2D eigenvalue weighted by molar-refractivity contribution is 7.07. The van der Waals surface area contributed by atoms with Gasteiger partial charge in [-0.1, -0.05) is 37.3 Å². The average molecular weight is 289 g/mol. The van der Waals surface area contributed by atoms with Gasteiger partial charge in [0.15, 0.2) is 0 Å². The lowest BCUT2D eigenvalue weighted by atomic mass is 9.93. The quantitative estimate of drug-likeness (QED) is 0.851. The Kier molecular flexibility index (Phi) is 5.71. The topological polar surface area (TPSA) is 42.1 Å². The van der Waals surface area contributed by atoms with Gasteiger partial charge in [-0.05, 0) is 24.9 Å². The second kappa shape index (κ2) is 7.53. The van der Waals surface area contributed by atoms with Gasteiger partial charge in [-0.2, -0.15) is 0 Å². The van der Waals surface area contributed by atoms with E-state index < -0.39 is 0 Å². The van der Waals surface area contributed by atoms with Crippen molar-refractivity contribution < 1.29 is 0 Å². The molecule has 108 valence electrons. The van der Waals surface area contributed by atoms with E-state index in [1.54, 1.807) is 11.3 Å². The van der Waals surface area contributed by atoms with E-state index in [-0.39, 0.29) is 0 Å². The van der Waals surface area contributed by atoms with Crippen molar-refractivity contribution in [3.05, 3.63) is 52.5 Å². The van der Waals surface area contributed by atoms with Crippen LogP contribution in [0.5, 0.6) is 0 Å². The van der Waals surface area contributed by atoms with Crippen LogP contribution in [0, 0.1) is 0 Å². The summed E-state index contributed by atoms with van der Waals surface area (Å²) in [7, 11) is 2.13. The van der Waals surface area contributed by atoms with Crippen LogP contribution in [-0.2, 0) is 6.54 Å². The largest absolute Gasteiger partial charge is 0.329 e. The summed E-state index contributed by atoms with van der Waals surface area (Å²) >= 11 is 1.64. The van der Waals surface area contributed by atoms with Crippen molar-refractivity contribution in [2.75, 3.05) is 13.6 Å². The van der Waals surface area contributed by atoms with Gasteiger partial charge in [0.2, 0.25) is 0 Å². The van der Waals surface area contributed by atoms with Gasteiger partial charge >= 0.3 is 0 Å². The van der Waals surface area contributed by atoms with Gasteiger partial charge in [0.1, 0.15) is 0 Å². The number of thiazole rings is 1. The predicted molar refractivity (Wildman–Crippen MR) is 85.9 cm³/mol. The average Bonchev–Trinajstić information content (AvgIpc) is 2.98. The Bertz CT molecular complexity index is 484. The third kappa shape index (κ3) is 4.13. The molecule has 0 radical (unpaired) electrons. The van der Waals surface area contributed by atoms with E-state index in [2.05, 4.69) is 59.6 Å². The number of benzene rings is 1. The second-order valence-electron chi connectivity index (χ2n) is 5.33. The molecule has 0 saturated carbocycles. The molecule has 0 amide bonds. The van der Waals surface area contributed by atoms with Crippen LogP contribution in [0.4, 0.5) is 0 Å². The summed E-state index contributed by atoms with van der Waals surface area (Å²) in [4.78, 5) is 6.66. The summed E-state index contributed by atoms with van der Waals surface area (Å²) in [5, 5.41) is 2.10. The molecule has 20 heavy (non-hydrogen) atoms. The number of aromatic nitrogens is 1. The van der Waals surface area contributed by atoms with Gasteiger partial charge in [0, 0.05) is 24.5 Å². The number of nitrogens with two attached hydrogens (primary N) is 1. The van der Waals surface area contributed by atoms with Crippen molar-refractivity contribution in [2.45, 2.75) is 31.8 Å². The molecule has 4 heteroatoms. The Balaban J connectivity index is 1.94. The first-order chi connectivity index (χ1) is 9.70. The SMILES string of the molecule is CC(CC(CN)N(C)Cc1cscn1)c1ccccc1. The van der Waals surface area contributed by atoms with Crippen molar-refractivity contribution in [2.24, 2.45) is 5.73 Å². The maximum atomic E-state index is 5.97. The fourth-order valence-corrected chi connectivity index (χ4v) is 3.03. The van der Waals surface area contributed by atoms with Crippen LogP contribution in [0.25, 0.3) is 0 Å². The molecule has 0 aliphatic carbocycles. The molecule has 1 aromatic carbocycles. The summed E-state index contributed by atoms with van der Waals surface area (Å²) in [6.07, 6.45) is 1.07. The minimum Gasteiger partial charge on any atom is -0.329 e. The van der Waals surface area contributed by atoms with Crippen LogP contribution in [0.2, 0.25) is 0 Å². The van der Waals surface area contributed by atoms with Gasteiger partial charge < -0.3 is 5.73 Å². The Morgan fingerprint density at radius 1 is 1.30 bits per heavy atom. The summed E-state index contributed by atoms with van der Waals surface area (Å²) in [6, 6.07) is 11.0. The number of hydrogen-bond donors (Lipinski definition) is 1. The molecule has 2 N–H and O–H groups in total. The van der Waals surface area contributed by atoms with Crippen molar-refractivity contribution in [1.29, 1.82) is 0 Å². The molecule has 2 aromatic rings. The zero-order valence-corrected chi connectivity index (χ0v) is 13.0. The fourth-order valence-electron chi connectivity index (χ4n) is 2.48. The Labute approximate surface area is 125 Å². The molecule has 0 spiro atoms. The van der Waals surface area contributed by atoms with Crippen molar-refractivity contribution in [3.63, 3.8) is 0 Å². The third-order valence-corrected chi connectivity index (χ3v) is 4.42. The standard InChI is InChI=1S/C16H23N3S/c1-13(14-6-4-3-5-7-14)8-16(9-17)19(2)10-15-11-20-12-18-15/h3-7,11-13,16H,8-10,17H2,1-2H3. The van der Waals surface area contributed by atoms with Crippen LogP contribution in [0.15, 0.2) is 41.2 Å². The van der Waals surface area contributed by atoms with Crippen molar-refractivity contribution in [3.8, 4) is 0 Å². The van der Waals surface area contributed by atoms with E-state index in [4.69, 9.17) is 5.73 Å². The predicted octanol–water partition coefficient (Wildman–Crippen LogP) is 3.10. The molecule has 1 aromatic heterocycles. The summed E-state index contributed by atoms with van der Waals surface area (Å²) in [5.74, 6) is 0.516. The highest BCUT2D eigenvalue weighted by Gasteiger charge is 2.18. The smallest absolute Gasteiger partial charge is 0.0795 e. The molecule has 2 unspecified atom stereocenters. The Hall–Kier alpha value is -1.23. The van der Waals surface area contributed by atoms with Crippen LogP contribution in [0.3, 0.4) is 0 Å². The molecular formula is C16H23N3S. The molecule has 2 atom stereocenters. The van der Waals surface area contributed by atoms with Crippen LogP contribution in [0.1, 0.15) is 30.5 Å². The lowest BCUT2D eigenvalue weighted by Gasteiger charge is -2.29. The Morgan fingerprint density at radius 3 is 2.65 bits per heavy atom. The lowest BCUT2D eigenvalue weighted by Crippen LogP contribution is -2.38. The maximum absolute atomic E-state index is 5.97. The third-order valence-electron chi connectivity index (χ3n) is 3.78. The van der Waals surface area contributed by atoms with E-state index in [0.29, 0.717) is 18.5 Å². The zero-order chi connectivity index (χ0) is 14.4. The number of likely N-dealkylation sites (N-methyl/N-ethyl adjacent to an activating group) is 1. The van der Waals surface area contributed by atoms with Gasteiger partial charge in [-0.25, -0.2) is 4.98 Å². The Morgan fingerprint density at radius 2 is 2.05 bits per heavy atom. The van der Waals surface area contributed by atoms with Gasteiger partial charge in [0.25, 0.3) is 0 Å². The van der Waals surface area contributed by atoms with E-state index in [0.717, 1.165) is 18.7 Å². The lowest BCUT2D eigenvalue weighted by molar-refractivity contribution is 0.217. The summed E-state index contributed by atoms with van der Waals surface area (Å²) < 4.78 is 0. The monoisotopic (exact) mass is 289 g/mol. The minimum atomic E-state index is 0.381. The molecule has 0 aliphatic heterocycles. The highest BCUT2D eigenvalue weighted by Crippen LogP contribution is 2.22. The number of rotatable bonds is 7. The summed E-state index contributed by atoms with van der Waals surface area (Å²) in [5.41, 5.74) is 10.4. The van der Waals surface area contributed by atoms with Gasteiger partial charge in [-0.3, -0.25) is 4.90 Å². The molecule has 0 aliphatic rings. The van der Waals surface area contributed by atoms with Gasteiger partial charge in [0.05, 0.1) is 11.2 Å². The zero-order valence-electron chi connectivity index (χ0n) is 12.2. The molecule has 0 saturated heterocycles. The number of nitrogens with zero attached hydrogens (tertiary/aromatic N) is 2. The van der Waals surface area contributed by atoms with Crippen LogP contribution < -0.4 is 5.73 Å². The molecule has 1 heterocycles. The first-order valence-corrected chi connectivity index (χ1v) is 7.97. The number of hydrogen-bond acceptors (Lipinski definition) is 4. The van der Waals surface area contributed by atoms with E-state index >= 15 is 0 Å². The first kappa shape index (κ1) is 15.2. The van der Waals surface area contributed by atoms with Gasteiger partial charge in [-0.15, -0.1) is 11.3 Å².